The Morgan fingerprint density at radius 1 is 0.600 bits per heavy atom. The molecule has 4 heteroatoms. The molecule has 0 saturated heterocycles. The molecule has 0 rings (SSSR count). The molecule has 4 nitrogen and oxygen atoms in total. The van der Waals surface area contributed by atoms with E-state index < -0.39 is 0 Å². The van der Waals surface area contributed by atoms with Crippen LogP contribution in [0.1, 0.15) is 118 Å². The van der Waals surface area contributed by atoms with Crippen molar-refractivity contribution in [2.45, 2.75) is 123 Å². The normalized spacial score (nSPS) is 12.2. The third-order valence-corrected chi connectivity index (χ3v) is 6.48. The third kappa shape index (κ3) is 14.8. The van der Waals surface area contributed by atoms with Gasteiger partial charge >= 0.3 is 0 Å². The first-order chi connectivity index (χ1) is 14.7. The molecule has 0 aliphatic rings. The Labute approximate surface area is 190 Å². The molecule has 0 aromatic rings. The van der Waals surface area contributed by atoms with Crippen molar-refractivity contribution in [2.24, 2.45) is 5.73 Å². The van der Waals surface area contributed by atoms with Crippen molar-refractivity contribution in [3.05, 3.63) is 0 Å². The second-order valence-electron chi connectivity index (χ2n) is 9.26. The van der Waals surface area contributed by atoms with Crippen LogP contribution in [0.4, 0.5) is 0 Å². The summed E-state index contributed by atoms with van der Waals surface area (Å²) in [5.41, 5.74) is 5.95. The van der Waals surface area contributed by atoms with Crippen molar-refractivity contribution in [2.75, 3.05) is 45.8 Å². The fraction of sp³-hybridized carbons (Fsp3) is 1.00. The molecule has 0 aromatic carbocycles. The summed E-state index contributed by atoms with van der Waals surface area (Å²) in [6.45, 7) is 16.7. The number of unbranched alkanes of at least 4 members (excludes halogenated alkanes) is 8. The highest BCUT2D eigenvalue weighted by Crippen LogP contribution is 2.30. The van der Waals surface area contributed by atoms with E-state index in [0.29, 0.717) is 5.54 Å². The first-order valence-electron chi connectivity index (χ1n) is 13.6. The van der Waals surface area contributed by atoms with E-state index in [-0.39, 0.29) is 0 Å². The second kappa shape index (κ2) is 22.0. The van der Waals surface area contributed by atoms with E-state index in [1.165, 1.54) is 103 Å². The summed E-state index contributed by atoms with van der Waals surface area (Å²) in [6, 6.07) is 0. The van der Waals surface area contributed by atoms with Crippen LogP contribution >= 0.6 is 0 Å². The molecular weight excluding hydrogens is 368 g/mol. The average Bonchev–Trinajstić information content (AvgIpc) is 2.75. The topological polar surface area (TPSA) is 53.3 Å². The SMILES string of the molecule is CCCCCN(CCCCC)C(CCCCC)(CCCCC)CNCCNCCN. The highest BCUT2D eigenvalue weighted by atomic mass is 15.2. The van der Waals surface area contributed by atoms with Crippen molar-refractivity contribution in [1.29, 1.82) is 0 Å². The van der Waals surface area contributed by atoms with Crippen LogP contribution in [0, 0.1) is 0 Å². The Balaban J connectivity index is 5.28. The van der Waals surface area contributed by atoms with Gasteiger partial charge in [0.25, 0.3) is 0 Å². The summed E-state index contributed by atoms with van der Waals surface area (Å²) in [6.07, 6.45) is 18.9. The van der Waals surface area contributed by atoms with Crippen LogP contribution in [-0.4, -0.2) is 56.3 Å². The summed E-state index contributed by atoms with van der Waals surface area (Å²) in [5.74, 6) is 0. The van der Waals surface area contributed by atoms with Gasteiger partial charge in [-0.3, -0.25) is 4.90 Å². The first-order valence-corrected chi connectivity index (χ1v) is 13.6. The maximum Gasteiger partial charge on any atom is 0.0333 e. The summed E-state index contributed by atoms with van der Waals surface area (Å²) in [5, 5.41) is 7.29. The zero-order valence-electron chi connectivity index (χ0n) is 21.4. The van der Waals surface area contributed by atoms with E-state index >= 15 is 0 Å². The van der Waals surface area contributed by atoms with E-state index in [1.807, 2.05) is 0 Å². The Bertz CT molecular complexity index is 315. The van der Waals surface area contributed by atoms with Gasteiger partial charge in [-0.25, -0.2) is 0 Å². The van der Waals surface area contributed by atoms with Gasteiger partial charge in [0, 0.05) is 38.3 Å². The minimum Gasteiger partial charge on any atom is -0.329 e. The van der Waals surface area contributed by atoms with Gasteiger partial charge in [0.05, 0.1) is 0 Å². The van der Waals surface area contributed by atoms with Gasteiger partial charge in [-0.05, 0) is 38.8 Å². The molecule has 0 aromatic heterocycles. The molecule has 0 spiro atoms. The number of nitrogens with one attached hydrogen (secondary N) is 2. The predicted molar refractivity (Wildman–Crippen MR) is 136 cm³/mol. The fourth-order valence-electron chi connectivity index (χ4n) is 4.55. The highest BCUT2D eigenvalue weighted by Gasteiger charge is 2.34. The molecule has 0 amide bonds. The van der Waals surface area contributed by atoms with Crippen molar-refractivity contribution in [1.82, 2.24) is 15.5 Å². The number of rotatable bonds is 24. The first kappa shape index (κ1) is 29.8. The molecular formula is C26H58N4. The lowest BCUT2D eigenvalue weighted by molar-refractivity contribution is 0.0591. The molecule has 0 radical (unpaired) electrons. The molecule has 0 saturated carbocycles. The molecule has 0 aliphatic carbocycles. The summed E-state index contributed by atoms with van der Waals surface area (Å²) in [4.78, 5) is 2.93. The number of hydrogen-bond donors (Lipinski definition) is 3. The van der Waals surface area contributed by atoms with Crippen molar-refractivity contribution < 1.29 is 0 Å². The lowest BCUT2D eigenvalue weighted by Crippen LogP contribution is -2.56. The summed E-state index contributed by atoms with van der Waals surface area (Å²) in [7, 11) is 0. The molecule has 30 heavy (non-hydrogen) atoms. The molecule has 0 fully saturated rings. The lowest BCUT2D eigenvalue weighted by atomic mass is 9.83. The molecule has 0 atom stereocenters. The number of hydrogen-bond acceptors (Lipinski definition) is 4. The van der Waals surface area contributed by atoms with Crippen LogP contribution in [0.3, 0.4) is 0 Å². The van der Waals surface area contributed by atoms with Gasteiger partial charge in [0.2, 0.25) is 0 Å². The molecule has 0 aliphatic heterocycles. The smallest absolute Gasteiger partial charge is 0.0333 e. The van der Waals surface area contributed by atoms with Crippen LogP contribution in [0.5, 0.6) is 0 Å². The van der Waals surface area contributed by atoms with Crippen LogP contribution in [0.25, 0.3) is 0 Å². The monoisotopic (exact) mass is 426 g/mol. The largest absolute Gasteiger partial charge is 0.329 e. The van der Waals surface area contributed by atoms with E-state index in [2.05, 4.69) is 43.2 Å². The highest BCUT2D eigenvalue weighted by molar-refractivity contribution is 4.93. The van der Waals surface area contributed by atoms with Crippen LogP contribution in [-0.2, 0) is 0 Å². The predicted octanol–water partition coefficient (Wildman–Crippen LogP) is 5.71. The Hall–Kier alpha value is -0.160. The Morgan fingerprint density at radius 2 is 1.07 bits per heavy atom. The molecule has 0 heterocycles. The Kier molecular flexibility index (Phi) is 21.9. The van der Waals surface area contributed by atoms with E-state index in [1.54, 1.807) is 0 Å². The van der Waals surface area contributed by atoms with Gasteiger partial charge < -0.3 is 16.4 Å². The van der Waals surface area contributed by atoms with Crippen molar-refractivity contribution in [3.8, 4) is 0 Å². The van der Waals surface area contributed by atoms with Gasteiger partial charge in [0.1, 0.15) is 0 Å². The summed E-state index contributed by atoms with van der Waals surface area (Å²) >= 11 is 0. The molecule has 0 unspecified atom stereocenters. The van der Waals surface area contributed by atoms with Gasteiger partial charge in [-0.15, -0.1) is 0 Å². The zero-order chi connectivity index (χ0) is 22.3. The van der Waals surface area contributed by atoms with E-state index in [0.717, 1.165) is 32.7 Å². The molecule has 4 N–H and O–H groups in total. The van der Waals surface area contributed by atoms with Gasteiger partial charge in [0.15, 0.2) is 0 Å². The van der Waals surface area contributed by atoms with Crippen molar-refractivity contribution in [3.63, 3.8) is 0 Å². The molecule has 0 bridgehead atoms. The van der Waals surface area contributed by atoms with Crippen molar-refractivity contribution >= 4 is 0 Å². The molecule has 182 valence electrons. The van der Waals surface area contributed by atoms with Gasteiger partial charge in [-0.1, -0.05) is 91.9 Å². The Morgan fingerprint density at radius 3 is 1.53 bits per heavy atom. The standard InChI is InChI=1S/C26H58N4/c1-5-9-13-17-26(18-14-10-6-2,25-29-22-21-28-20-19-27)30(23-15-11-7-3)24-16-12-8-4/h28-29H,5-25,27H2,1-4H3. The fourth-order valence-corrected chi connectivity index (χ4v) is 4.55. The van der Waals surface area contributed by atoms with Crippen LogP contribution in [0.2, 0.25) is 0 Å². The zero-order valence-corrected chi connectivity index (χ0v) is 21.4. The summed E-state index contributed by atoms with van der Waals surface area (Å²) < 4.78 is 0. The van der Waals surface area contributed by atoms with Crippen LogP contribution < -0.4 is 16.4 Å². The maximum absolute atomic E-state index is 5.61. The number of nitrogens with two attached hydrogens (primary N) is 1. The van der Waals surface area contributed by atoms with E-state index in [9.17, 15) is 0 Å². The third-order valence-electron chi connectivity index (χ3n) is 6.48. The average molecular weight is 427 g/mol. The second-order valence-corrected chi connectivity index (χ2v) is 9.26. The van der Waals surface area contributed by atoms with Crippen LogP contribution in [0.15, 0.2) is 0 Å². The number of nitrogens with zero attached hydrogens (tertiary/aromatic N) is 1. The van der Waals surface area contributed by atoms with Gasteiger partial charge in [-0.2, -0.15) is 0 Å². The lowest BCUT2D eigenvalue weighted by Gasteiger charge is -2.45. The minimum absolute atomic E-state index is 0.333. The minimum atomic E-state index is 0.333. The maximum atomic E-state index is 5.61. The van der Waals surface area contributed by atoms with E-state index in [4.69, 9.17) is 5.73 Å². The quantitative estimate of drug-likeness (QED) is 0.173.